The molecule has 0 radical (unpaired) electrons. The lowest BCUT2D eigenvalue weighted by molar-refractivity contribution is -0.134. The number of fused-ring (bicyclic) bond motifs is 1. The average molecular weight is 361 g/mol. The number of amides is 1. The summed E-state index contributed by atoms with van der Waals surface area (Å²) in [6, 6.07) is 7.85. The highest BCUT2D eigenvalue weighted by molar-refractivity contribution is 7.86. The number of hydrogen-bond donors (Lipinski definition) is 2. The maximum absolute atomic E-state index is 12.6. The summed E-state index contributed by atoms with van der Waals surface area (Å²) in [4.78, 5) is 14.3. The van der Waals surface area contributed by atoms with Gasteiger partial charge in [0.1, 0.15) is 0 Å². The molecule has 128 valence electrons. The van der Waals surface area contributed by atoms with Crippen molar-refractivity contribution in [2.75, 3.05) is 26.2 Å². The number of nitrogens with one attached hydrogen (secondary N) is 1. The maximum Gasteiger partial charge on any atom is 0.277 e. The van der Waals surface area contributed by atoms with E-state index in [0.717, 1.165) is 0 Å². The summed E-state index contributed by atoms with van der Waals surface area (Å²) in [6.07, 6.45) is 0.671. The Labute approximate surface area is 142 Å². The predicted molar refractivity (Wildman–Crippen MR) is 89.3 cm³/mol. The molecular formula is C14H21ClN4O3S. The highest BCUT2D eigenvalue weighted by Gasteiger charge is 2.31. The second-order valence-electron chi connectivity index (χ2n) is 5.68. The number of carbonyl (C=O) groups excluding carboxylic acids is 1. The van der Waals surface area contributed by atoms with Gasteiger partial charge >= 0.3 is 0 Å². The minimum Gasteiger partial charge on any atom is -0.339 e. The molecule has 0 saturated carbocycles. The van der Waals surface area contributed by atoms with E-state index in [1.54, 1.807) is 4.90 Å². The van der Waals surface area contributed by atoms with Crippen LogP contribution in [-0.2, 0) is 28.0 Å². The molecule has 1 aromatic carbocycles. The minimum absolute atomic E-state index is 0. The van der Waals surface area contributed by atoms with E-state index >= 15 is 0 Å². The van der Waals surface area contributed by atoms with Crippen molar-refractivity contribution in [1.82, 2.24) is 14.5 Å². The van der Waals surface area contributed by atoms with Crippen molar-refractivity contribution in [3.8, 4) is 0 Å². The summed E-state index contributed by atoms with van der Waals surface area (Å²) >= 11 is 0. The van der Waals surface area contributed by atoms with Crippen molar-refractivity contribution >= 4 is 28.5 Å². The van der Waals surface area contributed by atoms with Crippen LogP contribution in [-0.4, -0.2) is 55.8 Å². The molecule has 0 spiro atoms. The van der Waals surface area contributed by atoms with Gasteiger partial charge in [-0.15, -0.1) is 12.4 Å². The second-order valence-corrected chi connectivity index (χ2v) is 7.22. The summed E-state index contributed by atoms with van der Waals surface area (Å²) in [5, 5.41) is 8.38. The van der Waals surface area contributed by atoms with Crippen LogP contribution in [0.2, 0.25) is 0 Å². The van der Waals surface area contributed by atoms with Gasteiger partial charge < -0.3 is 10.2 Å². The largest absolute Gasteiger partial charge is 0.339 e. The molecule has 2 aliphatic heterocycles. The average Bonchev–Trinajstić information content (AvgIpc) is 2.53. The first-order chi connectivity index (χ1) is 10.4. The molecule has 9 heteroatoms. The fraction of sp³-hybridized carbons (Fsp3) is 0.500. The number of halogens is 1. The number of hydrogen-bond acceptors (Lipinski definition) is 4. The van der Waals surface area contributed by atoms with Gasteiger partial charge in [0, 0.05) is 32.7 Å². The Kier molecular flexibility index (Phi) is 5.64. The van der Waals surface area contributed by atoms with E-state index in [-0.39, 0.29) is 37.4 Å². The van der Waals surface area contributed by atoms with Gasteiger partial charge in [-0.3, -0.25) is 4.79 Å². The Morgan fingerprint density at radius 1 is 1.13 bits per heavy atom. The van der Waals surface area contributed by atoms with Crippen LogP contribution in [0.25, 0.3) is 0 Å². The molecular weight excluding hydrogens is 340 g/mol. The summed E-state index contributed by atoms with van der Waals surface area (Å²) in [5.41, 5.74) is 2.42. The van der Waals surface area contributed by atoms with E-state index in [9.17, 15) is 13.2 Å². The zero-order chi connectivity index (χ0) is 15.7. The second kappa shape index (κ2) is 7.14. The van der Waals surface area contributed by atoms with Crippen molar-refractivity contribution in [2.45, 2.75) is 19.0 Å². The summed E-state index contributed by atoms with van der Waals surface area (Å²) in [7, 11) is -3.66. The topological polar surface area (TPSA) is 95.7 Å². The Morgan fingerprint density at radius 2 is 1.74 bits per heavy atom. The Bertz CT molecular complexity index is 674. The van der Waals surface area contributed by atoms with Crippen molar-refractivity contribution in [3.05, 3.63) is 35.4 Å². The predicted octanol–water partition coefficient (Wildman–Crippen LogP) is -0.530. The Morgan fingerprint density at radius 3 is 2.35 bits per heavy atom. The van der Waals surface area contributed by atoms with Crippen LogP contribution in [0, 0.1) is 0 Å². The molecule has 2 heterocycles. The highest BCUT2D eigenvalue weighted by atomic mass is 35.5. The van der Waals surface area contributed by atoms with Gasteiger partial charge in [-0.2, -0.15) is 12.7 Å². The Hall–Kier alpha value is -1.19. The lowest BCUT2D eigenvalue weighted by Gasteiger charge is -2.36. The van der Waals surface area contributed by atoms with Crippen molar-refractivity contribution < 1.29 is 13.2 Å². The first-order valence-electron chi connectivity index (χ1n) is 7.32. The quantitative estimate of drug-likeness (QED) is 0.741. The van der Waals surface area contributed by atoms with E-state index in [1.807, 2.05) is 12.1 Å². The smallest absolute Gasteiger partial charge is 0.277 e. The van der Waals surface area contributed by atoms with Gasteiger partial charge in [-0.05, 0) is 17.5 Å². The molecule has 0 aromatic heterocycles. The van der Waals surface area contributed by atoms with E-state index in [1.165, 1.54) is 15.4 Å². The number of benzene rings is 1. The molecule has 7 nitrogen and oxygen atoms in total. The van der Waals surface area contributed by atoms with Crippen molar-refractivity contribution in [2.24, 2.45) is 5.14 Å². The molecule has 1 unspecified atom stereocenters. The number of carbonyl (C=O) groups is 1. The normalized spacial score (nSPS) is 22.1. The van der Waals surface area contributed by atoms with Gasteiger partial charge in [0.05, 0.1) is 6.04 Å². The van der Waals surface area contributed by atoms with Crippen molar-refractivity contribution in [1.29, 1.82) is 0 Å². The molecule has 0 aliphatic carbocycles. The maximum atomic E-state index is 12.6. The molecule has 0 bridgehead atoms. The first-order valence-corrected chi connectivity index (χ1v) is 8.82. The molecule has 1 fully saturated rings. The first kappa shape index (κ1) is 18.2. The lowest BCUT2D eigenvalue weighted by Crippen LogP contribution is -2.57. The van der Waals surface area contributed by atoms with Gasteiger partial charge in [0.2, 0.25) is 5.91 Å². The molecule has 1 aromatic rings. The molecule has 1 saturated heterocycles. The molecule has 2 aliphatic rings. The summed E-state index contributed by atoms with van der Waals surface area (Å²) in [5.74, 6) is 0.0311. The molecule has 3 N–H and O–H groups in total. The van der Waals surface area contributed by atoms with E-state index in [4.69, 9.17) is 5.14 Å². The summed E-state index contributed by atoms with van der Waals surface area (Å²) < 4.78 is 23.8. The van der Waals surface area contributed by atoms with E-state index < -0.39 is 10.2 Å². The third-order valence-electron chi connectivity index (χ3n) is 4.29. The highest BCUT2D eigenvalue weighted by Crippen LogP contribution is 2.18. The lowest BCUT2D eigenvalue weighted by atomic mass is 9.95. The standard InChI is InChI=1S/C14H20N4O3S.ClH/c15-22(20,21)18-7-5-17(6-8-18)14(19)13-9-11-3-1-2-4-12(11)10-16-13;/h1-4,13,16H,5-10H2,(H2,15,20,21);1H. The molecule has 1 amide bonds. The van der Waals surface area contributed by atoms with Crippen LogP contribution >= 0.6 is 12.4 Å². The van der Waals surface area contributed by atoms with Crippen molar-refractivity contribution in [3.63, 3.8) is 0 Å². The third kappa shape index (κ3) is 4.02. The SMILES string of the molecule is Cl.NS(=O)(=O)N1CCN(C(=O)C2Cc3ccccc3CN2)CC1. The fourth-order valence-electron chi connectivity index (χ4n) is 3.01. The molecule has 3 rings (SSSR count). The minimum atomic E-state index is -3.66. The number of rotatable bonds is 2. The van der Waals surface area contributed by atoms with Crippen LogP contribution < -0.4 is 10.5 Å². The molecule has 23 heavy (non-hydrogen) atoms. The van der Waals surface area contributed by atoms with Crippen LogP contribution in [0.4, 0.5) is 0 Å². The molecule has 1 atom stereocenters. The monoisotopic (exact) mass is 360 g/mol. The third-order valence-corrected chi connectivity index (χ3v) is 5.37. The fourth-order valence-corrected chi connectivity index (χ4v) is 3.68. The summed E-state index contributed by atoms with van der Waals surface area (Å²) in [6.45, 7) is 1.97. The van der Waals surface area contributed by atoms with E-state index in [2.05, 4.69) is 17.4 Å². The zero-order valence-electron chi connectivity index (χ0n) is 12.6. The van der Waals surface area contributed by atoms with E-state index in [0.29, 0.717) is 26.1 Å². The van der Waals surface area contributed by atoms with Crippen LogP contribution in [0.3, 0.4) is 0 Å². The number of nitrogens with two attached hydrogens (primary N) is 1. The van der Waals surface area contributed by atoms with Crippen LogP contribution in [0.1, 0.15) is 11.1 Å². The number of piperazine rings is 1. The number of nitrogens with zero attached hydrogens (tertiary/aromatic N) is 2. The van der Waals surface area contributed by atoms with Gasteiger partial charge in [0.25, 0.3) is 10.2 Å². The van der Waals surface area contributed by atoms with Crippen LogP contribution in [0.5, 0.6) is 0 Å². The van der Waals surface area contributed by atoms with Crippen LogP contribution in [0.15, 0.2) is 24.3 Å². The Balaban J connectivity index is 0.00000192. The zero-order valence-corrected chi connectivity index (χ0v) is 14.3. The van der Waals surface area contributed by atoms with Gasteiger partial charge in [0.15, 0.2) is 0 Å². The van der Waals surface area contributed by atoms with Gasteiger partial charge in [-0.25, -0.2) is 5.14 Å². The van der Waals surface area contributed by atoms with Gasteiger partial charge in [-0.1, -0.05) is 24.3 Å².